The molecule has 0 aliphatic heterocycles. The molecule has 0 aliphatic carbocycles. The second-order valence-corrected chi connectivity index (χ2v) is 7.28. The van der Waals surface area contributed by atoms with Crippen LogP contribution in [-0.4, -0.2) is 25.7 Å². The Morgan fingerprint density at radius 2 is 1.81 bits per heavy atom. The highest BCUT2D eigenvalue weighted by atomic mass is 19.4. The number of aromatic carboxylic acids is 1. The lowest BCUT2D eigenvalue weighted by Crippen LogP contribution is -2.07. The molecule has 0 bridgehead atoms. The number of nitrogens with zero attached hydrogens (tertiary/aromatic N) is 2. The highest BCUT2D eigenvalue weighted by Crippen LogP contribution is 2.33. The second kappa shape index (κ2) is 9.60. The predicted molar refractivity (Wildman–Crippen MR) is 112 cm³/mol. The normalized spacial score (nSPS) is 11.1. The summed E-state index contributed by atoms with van der Waals surface area (Å²) in [5.41, 5.74) is -0.0673. The minimum atomic E-state index is -4.66. The largest absolute Gasteiger partial charge is 0.508 e. The summed E-state index contributed by atoms with van der Waals surface area (Å²) in [5, 5.41) is 18.7. The Balaban J connectivity index is 1.85. The van der Waals surface area contributed by atoms with Crippen LogP contribution in [0, 0.1) is 18.8 Å². The van der Waals surface area contributed by atoms with E-state index in [1.165, 1.54) is 18.2 Å². The van der Waals surface area contributed by atoms with Gasteiger partial charge >= 0.3 is 12.1 Å². The van der Waals surface area contributed by atoms with E-state index in [0.717, 1.165) is 37.3 Å². The third kappa shape index (κ3) is 5.70. The first-order valence-corrected chi connectivity index (χ1v) is 9.91. The fourth-order valence-electron chi connectivity index (χ4n) is 3.30. The van der Waals surface area contributed by atoms with Crippen molar-refractivity contribution in [2.45, 2.75) is 38.9 Å². The van der Waals surface area contributed by atoms with Crippen LogP contribution in [0.4, 0.5) is 13.2 Å². The number of aromatic hydroxyl groups is 1. The van der Waals surface area contributed by atoms with Crippen LogP contribution in [0.5, 0.6) is 5.75 Å². The number of imidazole rings is 1. The number of benzene rings is 2. The number of aryl methyl sites for hydroxylation is 3. The highest BCUT2D eigenvalue weighted by Gasteiger charge is 2.33. The second-order valence-electron chi connectivity index (χ2n) is 7.28. The van der Waals surface area contributed by atoms with Crippen molar-refractivity contribution < 1.29 is 28.2 Å². The van der Waals surface area contributed by atoms with Crippen molar-refractivity contribution in [1.29, 1.82) is 0 Å². The molecular formula is C24H21F3N2O3. The standard InChI is InChI=1S/C24H21F3N2O3/c1-16-28-11-13-29(16)12-3-2-4-19-14-20(23(31)32)8-6-17(19)5-7-18-9-10-21(30)15-22(18)24(25,26)27/h6,8-11,13-15,30H,2-4,12H2,1H3,(H,31,32). The first kappa shape index (κ1) is 22.9. The molecule has 166 valence electrons. The van der Waals surface area contributed by atoms with Gasteiger partial charge in [-0.1, -0.05) is 11.8 Å². The number of hydrogen-bond donors (Lipinski definition) is 2. The number of rotatable bonds is 6. The zero-order valence-corrected chi connectivity index (χ0v) is 17.3. The maximum absolute atomic E-state index is 13.3. The first-order valence-electron chi connectivity index (χ1n) is 9.91. The molecule has 32 heavy (non-hydrogen) atoms. The maximum Gasteiger partial charge on any atom is 0.417 e. The van der Waals surface area contributed by atoms with Crippen LogP contribution in [0.25, 0.3) is 0 Å². The van der Waals surface area contributed by atoms with Gasteiger partial charge in [0.05, 0.1) is 11.1 Å². The van der Waals surface area contributed by atoms with Gasteiger partial charge in [0.25, 0.3) is 0 Å². The van der Waals surface area contributed by atoms with Gasteiger partial charge in [-0.2, -0.15) is 13.2 Å². The number of phenols is 1. The van der Waals surface area contributed by atoms with Crippen LogP contribution in [0.1, 0.15) is 51.3 Å². The lowest BCUT2D eigenvalue weighted by molar-refractivity contribution is -0.137. The van der Waals surface area contributed by atoms with Gasteiger partial charge in [0.15, 0.2) is 0 Å². The van der Waals surface area contributed by atoms with E-state index < -0.39 is 23.5 Å². The van der Waals surface area contributed by atoms with E-state index in [9.17, 15) is 28.2 Å². The monoisotopic (exact) mass is 442 g/mol. The van der Waals surface area contributed by atoms with Gasteiger partial charge < -0.3 is 14.8 Å². The van der Waals surface area contributed by atoms with Crippen LogP contribution in [0.3, 0.4) is 0 Å². The number of aromatic nitrogens is 2. The molecule has 0 atom stereocenters. The molecule has 1 heterocycles. The van der Waals surface area contributed by atoms with Crippen molar-refractivity contribution >= 4 is 5.97 Å². The summed E-state index contributed by atoms with van der Waals surface area (Å²) >= 11 is 0. The van der Waals surface area contributed by atoms with Crippen LogP contribution >= 0.6 is 0 Å². The van der Waals surface area contributed by atoms with Crippen LogP contribution in [0.15, 0.2) is 48.8 Å². The Hall–Kier alpha value is -3.73. The van der Waals surface area contributed by atoms with Gasteiger partial charge in [-0.3, -0.25) is 0 Å². The molecule has 3 aromatic rings. The molecule has 0 aliphatic rings. The molecule has 8 heteroatoms. The molecule has 1 aromatic heterocycles. The van der Waals surface area contributed by atoms with E-state index >= 15 is 0 Å². The molecule has 0 fully saturated rings. The molecule has 0 spiro atoms. The molecule has 0 radical (unpaired) electrons. The number of carboxylic acid groups (broad SMARTS) is 1. The molecule has 0 amide bonds. The third-order valence-electron chi connectivity index (χ3n) is 5.01. The molecule has 3 rings (SSSR count). The number of halogens is 3. The van der Waals surface area contributed by atoms with Gasteiger partial charge in [-0.05, 0) is 68.1 Å². The Bertz CT molecular complexity index is 1190. The molecule has 2 N–H and O–H groups in total. The number of alkyl halides is 3. The van der Waals surface area contributed by atoms with E-state index in [-0.39, 0.29) is 11.1 Å². The van der Waals surface area contributed by atoms with Crippen LogP contribution in [0.2, 0.25) is 0 Å². The quantitative estimate of drug-likeness (QED) is 0.415. The Labute approximate surface area is 183 Å². The topological polar surface area (TPSA) is 75.4 Å². The average Bonchev–Trinajstić information content (AvgIpc) is 3.14. The third-order valence-corrected chi connectivity index (χ3v) is 5.01. The minimum Gasteiger partial charge on any atom is -0.508 e. The summed E-state index contributed by atoms with van der Waals surface area (Å²) < 4.78 is 41.8. The summed E-state index contributed by atoms with van der Waals surface area (Å²) in [5.74, 6) is 4.60. The molecular weight excluding hydrogens is 421 g/mol. The Morgan fingerprint density at radius 1 is 1.09 bits per heavy atom. The summed E-state index contributed by atoms with van der Waals surface area (Å²) in [6, 6.07) is 7.30. The van der Waals surface area contributed by atoms with E-state index in [1.807, 2.05) is 17.7 Å². The summed E-state index contributed by atoms with van der Waals surface area (Å²) in [6.45, 7) is 2.66. The number of carboxylic acids is 1. The fraction of sp³-hybridized carbons (Fsp3) is 0.250. The van der Waals surface area contributed by atoms with Gasteiger partial charge in [0, 0.05) is 30.1 Å². The van der Waals surface area contributed by atoms with Crippen molar-refractivity contribution in [3.63, 3.8) is 0 Å². The number of hydrogen-bond acceptors (Lipinski definition) is 3. The Morgan fingerprint density at radius 3 is 2.47 bits per heavy atom. The van der Waals surface area contributed by atoms with Crippen LogP contribution in [-0.2, 0) is 19.1 Å². The average molecular weight is 442 g/mol. The number of unbranched alkanes of at least 4 members (excludes halogenated alkanes) is 1. The highest BCUT2D eigenvalue weighted by molar-refractivity contribution is 5.88. The zero-order valence-electron chi connectivity index (χ0n) is 17.3. The summed E-state index contributed by atoms with van der Waals surface area (Å²) in [6.07, 6.45) is 1.02. The Kier molecular flexibility index (Phi) is 6.89. The van der Waals surface area contributed by atoms with Crippen LogP contribution < -0.4 is 0 Å². The van der Waals surface area contributed by atoms with Crippen molar-refractivity contribution in [3.8, 4) is 17.6 Å². The van der Waals surface area contributed by atoms with Gasteiger partial charge in [-0.25, -0.2) is 9.78 Å². The fourth-order valence-corrected chi connectivity index (χ4v) is 3.30. The lowest BCUT2D eigenvalue weighted by atomic mass is 9.98. The van der Waals surface area contributed by atoms with E-state index in [4.69, 9.17) is 0 Å². The number of carbonyl (C=O) groups is 1. The SMILES string of the molecule is Cc1nccn1CCCCc1cc(C(=O)O)ccc1C#Cc1ccc(O)cc1C(F)(F)F. The van der Waals surface area contributed by atoms with Crippen molar-refractivity contribution in [3.05, 3.63) is 82.4 Å². The molecule has 0 saturated carbocycles. The maximum atomic E-state index is 13.3. The number of phenolic OH excluding ortho intramolecular Hbond substituents is 1. The molecule has 5 nitrogen and oxygen atoms in total. The smallest absolute Gasteiger partial charge is 0.417 e. The first-order chi connectivity index (χ1) is 15.1. The van der Waals surface area contributed by atoms with Gasteiger partial charge in [0.1, 0.15) is 11.6 Å². The zero-order chi connectivity index (χ0) is 23.3. The lowest BCUT2D eigenvalue weighted by Gasteiger charge is -2.10. The van der Waals surface area contributed by atoms with Gasteiger partial charge in [0.2, 0.25) is 0 Å². The summed E-state index contributed by atoms with van der Waals surface area (Å²) in [7, 11) is 0. The van der Waals surface area contributed by atoms with Gasteiger partial charge in [-0.15, -0.1) is 0 Å². The van der Waals surface area contributed by atoms with Crippen molar-refractivity contribution in [2.75, 3.05) is 0 Å². The molecule has 0 saturated heterocycles. The van der Waals surface area contributed by atoms with Crippen molar-refractivity contribution in [1.82, 2.24) is 9.55 Å². The minimum absolute atomic E-state index is 0.0941. The molecule has 0 unspecified atom stereocenters. The van der Waals surface area contributed by atoms with E-state index in [1.54, 1.807) is 6.20 Å². The van der Waals surface area contributed by atoms with E-state index in [2.05, 4.69) is 16.8 Å². The van der Waals surface area contributed by atoms with E-state index in [0.29, 0.717) is 23.6 Å². The molecule has 2 aromatic carbocycles. The summed E-state index contributed by atoms with van der Waals surface area (Å²) in [4.78, 5) is 15.5. The van der Waals surface area contributed by atoms with Crippen molar-refractivity contribution in [2.24, 2.45) is 0 Å². The predicted octanol–water partition coefficient (Wildman–Crippen LogP) is 5.04.